The third-order valence-corrected chi connectivity index (χ3v) is 6.56. The Balaban J connectivity index is 1.95. The summed E-state index contributed by atoms with van der Waals surface area (Å²) in [5.41, 5.74) is 0.284. The maximum Gasteiger partial charge on any atom is 0.243 e. The maximum absolute atomic E-state index is 12.0. The van der Waals surface area contributed by atoms with Gasteiger partial charge < -0.3 is 20.3 Å². The molecule has 1 amide bonds. The molecule has 0 aromatic rings. The fourth-order valence-electron chi connectivity index (χ4n) is 4.56. The summed E-state index contributed by atoms with van der Waals surface area (Å²) in [7, 11) is 3.55. The molecular formula is C22H43N5O2. The van der Waals surface area contributed by atoms with Gasteiger partial charge in [0, 0.05) is 46.4 Å². The molecule has 0 aromatic carbocycles. The van der Waals surface area contributed by atoms with Crippen molar-refractivity contribution < 1.29 is 9.53 Å². The van der Waals surface area contributed by atoms with Crippen LogP contribution in [0.25, 0.3) is 0 Å². The Hall–Kier alpha value is -1.34. The number of rotatable bonds is 11. The number of likely N-dealkylation sites (N-methyl/N-ethyl adjacent to an activating group) is 2. The molecule has 0 spiro atoms. The van der Waals surface area contributed by atoms with E-state index in [0.717, 1.165) is 45.2 Å². The Morgan fingerprint density at radius 1 is 1.21 bits per heavy atom. The van der Waals surface area contributed by atoms with Gasteiger partial charge in [-0.1, -0.05) is 19.8 Å². The maximum atomic E-state index is 12.0. The standard InChI is InChI=1S/C22H43N5O2/c1-5-27-14-9-10-19(27)16-23-21(24-17-20(28)26(3)4)25-18-22(11-7-8-12-22)13-15-29-6-2/h19H,5-18H2,1-4H3,(H2,23,24,25). The Bertz CT molecular complexity index is 517. The number of nitrogens with zero attached hydrogens (tertiary/aromatic N) is 3. The molecule has 0 radical (unpaired) electrons. The molecule has 1 heterocycles. The predicted molar refractivity (Wildman–Crippen MR) is 119 cm³/mol. The van der Waals surface area contributed by atoms with Crippen molar-refractivity contribution in [1.82, 2.24) is 20.4 Å². The van der Waals surface area contributed by atoms with Crippen LogP contribution >= 0.6 is 0 Å². The summed E-state index contributed by atoms with van der Waals surface area (Å²) < 4.78 is 5.64. The van der Waals surface area contributed by atoms with E-state index in [4.69, 9.17) is 4.74 Å². The van der Waals surface area contributed by atoms with Crippen molar-refractivity contribution in [2.24, 2.45) is 10.4 Å². The summed E-state index contributed by atoms with van der Waals surface area (Å²) in [6.45, 7) is 10.1. The van der Waals surface area contributed by atoms with E-state index in [1.807, 2.05) is 0 Å². The van der Waals surface area contributed by atoms with Gasteiger partial charge >= 0.3 is 0 Å². The third kappa shape index (κ3) is 7.78. The van der Waals surface area contributed by atoms with E-state index in [9.17, 15) is 4.79 Å². The summed E-state index contributed by atoms with van der Waals surface area (Å²) in [6.07, 6.45) is 8.64. The molecule has 2 aliphatic rings. The van der Waals surface area contributed by atoms with Crippen LogP contribution in [0.5, 0.6) is 0 Å². The number of amides is 1. The largest absolute Gasteiger partial charge is 0.382 e. The quantitative estimate of drug-likeness (QED) is 0.311. The number of guanidine groups is 1. The molecular weight excluding hydrogens is 366 g/mol. The summed E-state index contributed by atoms with van der Waals surface area (Å²) in [4.78, 5) is 20.8. The van der Waals surface area contributed by atoms with Crippen molar-refractivity contribution in [1.29, 1.82) is 0 Å². The summed E-state index contributed by atoms with van der Waals surface area (Å²) in [5, 5.41) is 7.10. The van der Waals surface area contributed by atoms with Crippen LogP contribution in [0, 0.1) is 5.41 Å². The molecule has 1 saturated heterocycles. The first-order valence-corrected chi connectivity index (χ1v) is 11.5. The molecule has 29 heavy (non-hydrogen) atoms. The molecule has 1 aliphatic carbocycles. The SMILES string of the molecule is CCOCCC1(CNC(=NCC(=O)N(C)C)NCC2CCCN2CC)CCCC1. The van der Waals surface area contributed by atoms with Crippen LogP contribution in [-0.2, 0) is 9.53 Å². The van der Waals surface area contributed by atoms with Gasteiger partial charge in [0.25, 0.3) is 0 Å². The molecule has 0 aromatic heterocycles. The smallest absolute Gasteiger partial charge is 0.243 e. The topological polar surface area (TPSA) is 69.2 Å². The minimum Gasteiger partial charge on any atom is -0.382 e. The molecule has 1 unspecified atom stereocenters. The van der Waals surface area contributed by atoms with Crippen LogP contribution < -0.4 is 10.6 Å². The number of carbonyl (C=O) groups is 1. The lowest BCUT2D eigenvalue weighted by Gasteiger charge is -2.31. The second-order valence-electron chi connectivity index (χ2n) is 8.77. The monoisotopic (exact) mass is 409 g/mol. The molecule has 1 atom stereocenters. The first-order chi connectivity index (χ1) is 14.0. The predicted octanol–water partition coefficient (Wildman–Crippen LogP) is 2.08. The normalized spacial score (nSPS) is 22.1. The number of likely N-dealkylation sites (tertiary alicyclic amines) is 1. The van der Waals surface area contributed by atoms with Crippen LogP contribution in [0.4, 0.5) is 0 Å². The number of aliphatic imine (C=N–C) groups is 1. The Morgan fingerprint density at radius 2 is 1.97 bits per heavy atom. The number of ether oxygens (including phenoxy) is 1. The van der Waals surface area contributed by atoms with Crippen LogP contribution in [0.1, 0.15) is 58.8 Å². The van der Waals surface area contributed by atoms with Gasteiger partial charge in [0.15, 0.2) is 5.96 Å². The summed E-state index contributed by atoms with van der Waals surface area (Å²) in [6, 6.07) is 0.551. The Morgan fingerprint density at radius 3 is 2.62 bits per heavy atom. The first-order valence-electron chi connectivity index (χ1n) is 11.5. The van der Waals surface area contributed by atoms with Gasteiger partial charge in [-0.3, -0.25) is 9.69 Å². The lowest BCUT2D eigenvalue weighted by atomic mass is 9.83. The average molecular weight is 410 g/mol. The van der Waals surface area contributed by atoms with Gasteiger partial charge in [0.2, 0.25) is 5.91 Å². The van der Waals surface area contributed by atoms with Gasteiger partial charge in [-0.25, -0.2) is 4.99 Å². The highest BCUT2D eigenvalue weighted by atomic mass is 16.5. The summed E-state index contributed by atoms with van der Waals surface area (Å²) in [5.74, 6) is 0.792. The third-order valence-electron chi connectivity index (χ3n) is 6.56. The van der Waals surface area contributed by atoms with E-state index < -0.39 is 0 Å². The van der Waals surface area contributed by atoms with Crippen molar-refractivity contribution in [3.8, 4) is 0 Å². The molecule has 2 rings (SSSR count). The van der Waals surface area contributed by atoms with Gasteiger partial charge in [-0.2, -0.15) is 0 Å². The second kappa shape index (κ2) is 12.4. The van der Waals surface area contributed by atoms with E-state index >= 15 is 0 Å². The van der Waals surface area contributed by atoms with E-state index in [-0.39, 0.29) is 17.9 Å². The van der Waals surface area contributed by atoms with E-state index in [0.29, 0.717) is 6.04 Å². The minimum atomic E-state index is 0.0223. The fourth-order valence-corrected chi connectivity index (χ4v) is 4.56. The fraction of sp³-hybridized carbons (Fsp3) is 0.909. The van der Waals surface area contributed by atoms with E-state index in [1.54, 1.807) is 19.0 Å². The average Bonchev–Trinajstić information content (AvgIpc) is 3.37. The molecule has 7 nitrogen and oxygen atoms in total. The molecule has 0 bridgehead atoms. The van der Waals surface area contributed by atoms with Gasteiger partial charge in [-0.15, -0.1) is 0 Å². The first kappa shape index (κ1) is 23.9. The second-order valence-corrected chi connectivity index (χ2v) is 8.77. The van der Waals surface area contributed by atoms with Crippen molar-refractivity contribution in [3.63, 3.8) is 0 Å². The highest BCUT2D eigenvalue weighted by molar-refractivity contribution is 5.84. The van der Waals surface area contributed by atoms with Crippen molar-refractivity contribution in [2.45, 2.75) is 64.8 Å². The molecule has 1 saturated carbocycles. The van der Waals surface area contributed by atoms with Gasteiger partial charge in [0.1, 0.15) is 6.54 Å². The Labute approximate surface area is 177 Å². The van der Waals surface area contributed by atoms with Gasteiger partial charge in [-0.05, 0) is 57.5 Å². The zero-order valence-electron chi connectivity index (χ0n) is 19.1. The molecule has 2 fully saturated rings. The number of hydrogen-bond donors (Lipinski definition) is 2. The molecule has 2 N–H and O–H groups in total. The number of hydrogen-bond acceptors (Lipinski definition) is 4. The highest BCUT2D eigenvalue weighted by Gasteiger charge is 2.33. The van der Waals surface area contributed by atoms with Crippen LogP contribution in [0.3, 0.4) is 0 Å². The van der Waals surface area contributed by atoms with Crippen LogP contribution in [-0.4, -0.2) is 87.7 Å². The van der Waals surface area contributed by atoms with Crippen molar-refractivity contribution in [3.05, 3.63) is 0 Å². The number of carbonyl (C=O) groups excluding carboxylic acids is 1. The highest BCUT2D eigenvalue weighted by Crippen LogP contribution is 2.40. The summed E-state index contributed by atoms with van der Waals surface area (Å²) >= 11 is 0. The minimum absolute atomic E-state index is 0.0223. The lowest BCUT2D eigenvalue weighted by molar-refractivity contribution is -0.127. The van der Waals surface area contributed by atoms with Crippen LogP contribution in [0.15, 0.2) is 4.99 Å². The lowest BCUT2D eigenvalue weighted by Crippen LogP contribution is -2.48. The zero-order chi connectivity index (χ0) is 21.1. The zero-order valence-corrected chi connectivity index (χ0v) is 19.1. The molecule has 168 valence electrons. The molecule has 7 heteroatoms. The van der Waals surface area contributed by atoms with Crippen LogP contribution in [0.2, 0.25) is 0 Å². The Kier molecular flexibility index (Phi) is 10.2. The van der Waals surface area contributed by atoms with Crippen molar-refractivity contribution >= 4 is 11.9 Å². The van der Waals surface area contributed by atoms with Gasteiger partial charge in [0.05, 0.1) is 0 Å². The van der Waals surface area contributed by atoms with Crippen molar-refractivity contribution in [2.75, 3.05) is 60.0 Å². The molecule has 1 aliphatic heterocycles. The number of nitrogens with one attached hydrogen (secondary N) is 2. The van der Waals surface area contributed by atoms with E-state index in [1.165, 1.54) is 45.1 Å². The van der Waals surface area contributed by atoms with E-state index in [2.05, 4.69) is 34.4 Å².